The second-order valence-electron chi connectivity index (χ2n) is 2.26. The summed E-state index contributed by atoms with van der Waals surface area (Å²) < 4.78 is 0. The van der Waals surface area contributed by atoms with Crippen LogP contribution in [0.2, 0.25) is 0 Å². The summed E-state index contributed by atoms with van der Waals surface area (Å²) in [5, 5.41) is 2.32. The summed E-state index contributed by atoms with van der Waals surface area (Å²) in [6, 6.07) is -0.692. The first kappa shape index (κ1) is 7.47. The van der Waals surface area contributed by atoms with Crippen molar-refractivity contribution in [1.29, 1.82) is 0 Å². The molecular formula is C6H5N6O. The molecule has 65 valence electrons. The molecule has 1 radical (unpaired) electrons. The molecule has 13 heavy (non-hydrogen) atoms. The van der Waals surface area contributed by atoms with Gasteiger partial charge >= 0.3 is 6.03 Å². The van der Waals surface area contributed by atoms with Gasteiger partial charge in [-0.1, -0.05) is 0 Å². The Labute approximate surface area is 72.4 Å². The van der Waals surface area contributed by atoms with E-state index in [1.807, 2.05) is 0 Å². The second kappa shape index (κ2) is 2.70. The summed E-state index contributed by atoms with van der Waals surface area (Å²) in [7, 11) is 0. The number of nitrogens with zero attached hydrogens (tertiary/aromatic N) is 3. The molecule has 0 saturated carbocycles. The maximum atomic E-state index is 10.5. The number of aromatic nitrogens is 4. The van der Waals surface area contributed by atoms with Crippen LogP contribution in [0.5, 0.6) is 0 Å². The molecule has 0 bridgehead atoms. The minimum absolute atomic E-state index is 0.273. The van der Waals surface area contributed by atoms with E-state index in [-0.39, 0.29) is 5.82 Å². The molecule has 2 heterocycles. The summed E-state index contributed by atoms with van der Waals surface area (Å²) in [4.78, 5) is 24.6. The van der Waals surface area contributed by atoms with Crippen molar-refractivity contribution in [2.75, 3.05) is 5.32 Å². The van der Waals surface area contributed by atoms with Gasteiger partial charge < -0.3 is 10.7 Å². The summed E-state index contributed by atoms with van der Waals surface area (Å²) in [5.74, 6) is 0.273. The fraction of sp³-hybridized carbons (Fsp3) is 0. The minimum atomic E-state index is -0.692. The van der Waals surface area contributed by atoms with Crippen molar-refractivity contribution in [3.63, 3.8) is 0 Å². The lowest BCUT2D eigenvalue weighted by Gasteiger charge is -1.98. The number of hydrogen-bond acceptors (Lipinski definition) is 4. The molecule has 2 rings (SSSR count). The summed E-state index contributed by atoms with van der Waals surface area (Å²) in [6.45, 7) is 0. The number of imidazole rings is 1. The lowest BCUT2D eigenvalue weighted by Crippen LogP contribution is -2.20. The van der Waals surface area contributed by atoms with E-state index < -0.39 is 6.03 Å². The quantitative estimate of drug-likeness (QED) is 0.552. The van der Waals surface area contributed by atoms with Gasteiger partial charge in [0.15, 0.2) is 11.5 Å². The molecule has 0 atom stereocenters. The van der Waals surface area contributed by atoms with Gasteiger partial charge in [0.05, 0.1) is 6.33 Å². The molecule has 0 aliphatic carbocycles. The summed E-state index contributed by atoms with van der Waals surface area (Å²) >= 11 is 0. The fourth-order valence-corrected chi connectivity index (χ4v) is 0.932. The first-order chi connectivity index (χ1) is 6.27. The highest BCUT2D eigenvalue weighted by atomic mass is 16.2. The molecule has 0 aliphatic rings. The number of amides is 2. The standard InChI is InChI=1S/C6H5N6O/c7-6(13)12-5-3-4(9-1-8-3)10-2-11-5/h1H,(H4,7,8,9,10,11,12,13). The van der Waals surface area contributed by atoms with Crippen LogP contribution in [0.25, 0.3) is 11.2 Å². The van der Waals surface area contributed by atoms with Crippen molar-refractivity contribution in [2.45, 2.75) is 0 Å². The number of nitrogens with one attached hydrogen (secondary N) is 2. The third-order valence-electron chi connectivity index (χ3n) is 1.42. The molecule has 4 N–H and O–H groups in total. The van der Waals surface area contributed by atoms with Gasteiger partial charge in [-0.2, -0.15) is 0 Å². The highest BCUT2D eigenvalue weighted by molar-refractivity contribution is 5.94. The zero-order chi connectivity index (χ0) is 9.26. The number of hydrogen-bond donors (Lipinski definition) is 3. The van der Waals surface area contributed by atoms with E-state index >= 15 is 0 Å². The average Bonchev–Trinajstić information content (AvgIpc) is 2.51. The molecule has 2 aromatic heterocycles. The maximum absolute atomic E-state index is 10.5. The number of rotatable bonds is 1. The van der Waals surface area contributed by atoms with Crippen LogP contribution in [0, 0.1) is 6.33 Å². The van der Waals surface area contributed by atoms with Crippen LogP contribution in [0.3, 0.4) is 0 Å². The molecular weight excluding hydrogens is 172 g/mol. The Morgan fingerprint density at radius 3 is 3.23 bits per heavy atom. The van der Waals surface area contributed by atoms with E-state index in [1.54, 1.807) is 0 Å². The number of primary amides is 1. The predicted molar refractivity (Wildman–Crippen MR) is 43.7 cm³/mol. The number of aromatic amines is 1. The topological polar surface area (TPSA) is 110 Å². The SMILES string of the molecule is NC(=O)Nc1n[c]nc2nc[nH]c12. The van der Waals surface area contributed by atoms with Crippen LogP contribution >= 0.6 is 0 Å². The maximum Gasteiger partial charge on any atom is 0.317 e. The lowest BCUT2D eigenvalue weighted by molar-refractivity contribution is 0.259. The minimum Gasteiger partial charge on any atom is -0.351 e. The first-order valence-electron chi connectivity index (χ1n) is 3.41. The number of carbonyl (C=O) groups excluding carboxylic acids is 1. The third-order valence-corrected chi connectivity index (χ3v) is 1.42. The van der Waals surface area contributed by atoms with Crippen LogP contribution in [-0.4, -0.2) is 26.0 Å². The molecule has 7 heteroatoms. The number of anilines is 1. The Bertz CT molecular complexity index is 449. The van der Waals surface area contributed by atoms with Gasteiger partial charge in [0.1, 0.15) is 5.52 Å². The number of H-pyrrole nitrogens is 1. The normalized spacial score (nSPS) is 10.2. The van der Waals surface area contributed by atoms with Crippen molar-refractivity contribution in [3.8, 4) is 0 Å². The Hall–Kier alpha value is -2.18. The van der Waals surface area contributed by atoms with E-state index in [0.29, 0.717) is 11.2 Å². The number of fused-ring (bicyclic) bond motifs is 1. The van der Waals surface area contributed by atoms with Crippen molar-refractivity contribution < 1.29 is 4.79 Å². The van der Waals surface area contributed by atoms with Gasteiger partial charge in [0.2, 0.25) is 6.33 Å². The molecule has 0 fully saturated rings. The third kappa shape index (κ3) is 1.26. The van der Waals surface area contributed by atoms with E-state index in [2.05, 4.69) is 31.6 Å². The smallest absolute Gasteiger partial charge is 0.317 e. The van der Waals surface area contributed by atoms with Crippen LogP contribution in [-0.2, 0) is 0 Å². The second-order valence-corrected chi connectivity index (χ2v) is 2.26. The Balaban J connectivity index is 2.54. The fourth-order valence-electron chi connectivity index (χ4n) is 0.932. The van der Waals surface area contributed by atoms with Crippen LogP contribution < -0.4 is 11.1 Å². The average molecular weight is 177 g/mol. The molecule has 0 spiro atoms. The molecule has 0 saturated heterocycles. The predicted octanol–water partition coefficient (Wildman–Crippen LogP) is -0.356. The molecule has 0 aliphatic heterocycles. The number of carbonyl (C=O) groups is 1. The van der Waals surface area contributed by atoms with Crippen molar-refractivity contribution in [1.82, 2.24) is 19.9 Å². The highest BCUT2D eigenvalue weighted by Crippen LogP contribution is 2.13. The molecule has 0 unspecified atom stereocenters. The highest BCUT2D eigenvalue weighted by Gasteiger charge is 2.06. The van der Waals surface area contributed by atoms with Crippen LogP contribution in [0.15, 0.2) is 6.33 Å². The number of urea groups is 1. The zero-order valence-electron chi connectivity index (χ0n) is 6.40. The van der Waals surface area contributed by atoms with Gasteiger partial charge in [0.25, 0.3) is 0 Å². The van der Waals surface area contributed by atoms with Gasteiger partial charge in [-0.05, 0) is 0 Å². The van der Waals surface area contributed by atoms with Crippen molar-refractivity contribution >= 4 is 23.0 Å². The van der Waals surface area contributed by atoms with Gasteiger partial charge in [0, 0.05) is 0 Å². The first-order valence-corrected chi connectivity index (χ1v) is 3.41. The van der Waals surface area contributed by atoms with E-state index in [0.717, 1.165) is 0 Å². The van der Waals surface area contributed by atoms with E-state index in [1.165, 1.54) is 6.33 Å². The summed E-state index contributed by atoms with van der Waals surface area (Å²) in [5.41, 5.74) is 5.88. The Morgan fingerprint density at radius 1 is 1.62 bits per heavy atom. The van der Waals surface area contributed by atoms with Gasteiger partial charge in [-0.3, -0.25) is 5.32 Å². The van der Waals surface area contributed by atoms with E-state index in [4.69, 9.17) is 5.73 Å². The number of nitrogens with two attached hydrogens (primary N) is 1. The Kier molecular flexibility index (Phi) is 1.55. The van der Waals surface area contributed by atoms with Gasteiger partial charge in [-0.15, -0.1) is 0 Å². The van der Waals surface area contributed by atoms with Crippen molar-refractivity contribution in [2.24, 2.45) is 5.73 Å². The van der Waals surface area contributed by atoms with Gasteiger partial charge in [-0.25, -0.2) is 19.7 Å². The molecule has 2 aromatic rings. The molecule has 7 nitrogen and oxygen atoms in total. The monoisotopic (exact) mass is 177 g/mol. The largest absolute Gasteiger partial charge is 0.351 e. The zero-order valence-corrected chi connectivity index (χ0v) is 6.40. The Morgan fingerprint density at radius 2 is 2.46 bits per heavy atom. The molecule has 2 amide bonds. The summed E-state index contributed by atoms with van der Waals surface area (Å²) in [6.07, 6.45) is 3.79. The van der Waals surface area contributed by atoms with Crippen LogP contribution in [0.1, 0.15) is 0 Å². The lowest BCUT2D eigenvalue weighted by atomic mass is 10.5. The molecule has 0 aromatic carbocycles. The van der Waals surface area contributed by atoms with E-state index in [9.17, 15) is 4.79 Å². The van der Waals surface area contributed by atoms with Crippen LogP contribution in [0.4, 0.5) is 10.6 Å². The van der Waals surface area contributed by atoms with Crippen molar-refractivity contribution in [3.05, 3.63) is 12.7 Å².